The Bertz CT molecular complexity index is 439. The molecule has 0 saturated carbocycles. The first-order valence-corrected chi connectivity index (χ1v) is 5.28. The molecule has 0 atom stereocenters. The molecular weight excluding hydrogens is 198 g/mol. The zero-order chi connectivity index (χ0) is 11.2. The van der Waals surface area contributed by atoms with Crippen molar-refractivity contribution in [2.24, 2.45) is 0 Å². The summed E-state index contributed by atoms with van der Waals surface area (Å²) >= 11 is 0. The number of methoxy groups -OCH3 is 1. The van der Waals surface area contributed by atoms with Crippen molar-refractivity contribution in [1.29, 1.82) is 0 Å². The maximum atomic E-state index is 5.11. The van der Waals surface area contributed by atoms with Crippen LogP contribution in [0.4, 0.5) is 11.4 Å². The van der Waals surface area contributed by atoms with Crippen LogP contribution in [0.15, 0.2) is 54.6 Å². The van der Waals surface area contributed by atoms with Crippen LogP contribution in [0, 0.1) is 0 Å². The number of ether oxygens (including phenoxy) is 1. The molecule has 2 nitrogen and oxygen atoms in total. The van der Waals surface area contributed by atoms with E-state index in [2.05, 4.69) is 17.4 Å². The molecule has 2 aromatic rings. The molecule has 82 valence electrons. The second-order valence-corrected chi connectivity index (χ2v) is 3.62. The Kier molecular flexibility index (Phi) is 3.57. The van der Waals surface area contributed by atoms with Crippen molar-refractivity contribution in [2.45, 2.75) is 6.61 Å². The van der Waals surface area contributed by atoms with Crippen molar-refractivity contribution in [2.75, 3.05) is 12.4 Å². The van der Waals surface area contributed by atoms with E-state index >= 15 is 0 Å². The van der Waals surface area contributed by atoms with E-state index in [-0.39, 0.29) is 0 Å². The SMILES string of the molecule is COCc1cccc(Nc2ccccc2)c1. The monoisotopic (exact) mass is 213 g/mol. The van der Waals surface area contributed by atoms with Gasteiger partial charge in [-0.3, -0.25) is 0 Å². The fourth-order valence-electron chi connectivity index (χ4n) is 1.59. The van der Waals surface area contributed by atoms with Crippen molar-refractivity contribution in [3.05, 3.63) is 60.2 Å². The molecular formula is C14H15NO. The van der Waals surface area contributed by atoms with E-state index in [0.717, 1.165) is 11.4 Å². The Morgan fingerprint density at radius 3 is 2.44 bits per heavy atom. The van der Waals surface area contributed by atoms with Gasteiger partial charge in [-0.1, -0.05) is 30.3 Å². The highest BCUT2D eigenvalue weighted by Crippen LogP contribution is 2.17. The summed E-state index contributed by atoms with van der Waals surface area (Å²) in [5.74, 6) is 0. The fraction of sp³-hybridized carbons (Fsp3) is 0.143. The molecule has 0 aliphatic heterocycles. The van der Waals surface area contributed by atoms with Crippen LogP contribution in [-0.4, -0.2) is 7.11 Å². The highest BCUT2D eigenvalue weighted by molar-refractivity contribution is 5.59. The van der Waals surface area contributed by atoms with Crippen molar-refractivity contribution >= 4 is 11.4 Å². The summed E-state index contributed by atoms with van der Waals surface area (Å²) in [6, 6.07) is 18.4. The van der Waals surface area contributed by atoms with E-state index in [1.54, 1.807) is 7.11 Å². The van der Waals surface area contributed by atoms with Crippen LogP contribution >= 0.6 is 0 Å². The predicted octanol–water partition coefficient (Wildman–Crippen LogP) is 3.58. The zero-order valence-electron chi connectivity index (χ0n) is 9.31. The first-order chi connectivity index (χ1) is 7.88. The second-order valence-electron chi connectivity index (χ2n) is 3.62. The third-order valence-electron chi connectivity index (χ3n) is 2.30. The number of benzene rings is 2. The number of nitrogens with one attached hydrogen (secondary N) is 1. The first-order valence-electron chi connectivity index (χ1n) is 5.28. The topological polar surface area (TPSA) is 21.3 Å². The van der Waals surface area contributed by atoms with E-state index < -0.39 is 0 Å². The van der Waals surface area contributed by atoms with Crippen LogP contribution in [-0.2, 0) is 11.3 Å². The van der Waals surface area contributed by atoms with Gasteiger partial charge in [0.15, 0.2) is 0 Å². The number of hydrogen-bond acceptors (Lipinski definition) is 2. The maximum Gasteiger partial charge on any atom is 0.0713 e. The minimum Gasteiger partial charge on any atom is -0.380 e. The van der Waals surface area contributed by atoms with Gasteiger partial charge < -0.3 is 10.1 Å². The molecule has 2 aromatic carbocycles. The average molecular weight is 213 g/mol. The molecule has 2 heteroatoms. The maximum absolute atomic E-state index is 5.11. The van der Waals surface area contributed by atoms with Gasteiger partial charge in [0, 0.05) is 18.5 Å². The van der Waals surface area contributed by atoms with Crippen molar-refractivity contribution in [3.63, 3.8) is 0 Å². The normalized spacial score (nSPS) is 10.1. The standard InChI is InChI=1S/C14H15NO/c1-16-11-12-6-5-9-14(10-12)15-13-7-3-2-4-8-13/h2-10,15H,11H2,1H3. The van der Waals surface area contributed by atoms with Crippen LogP contribution in [0.5, 0.6) is 0 Å². The third kappa shape index (κ3) is 2.84. The quantitative estimate of drug-likeness (QED) is 0.838. The molecule has 0 amide bonds. The van der Waals surface area contributed by atoms with Crippen molar-refractivity contribution in [3.8, 4) is 0 Å². The van der Waals surface area contributed by atoms with Gasteiger partial charge >= 0.3 is 0 Å². The van der Waals surface area contributed by atoms with Crippen LogP contribution in [0.2, 0.25) is 0 Å². The van der Waals surface area contributed by atoms with Crippen LogP contribution in [0.1, 0.15) is 5.56 Å². The Hall–Kier alpha value is -1.80. The molecule has 0 aromatic heterocycles. The van der Waals surface area contributed by atoms with Gasteiger partial charge in [0.1, 0.15) is 0 Å². The average Bonchev–Trinajstić information content (AvgIpc) is 2.31. The van der Waals surface area contributed by atoms with Crippen LogP contribution in [0.3, 0.4) is 0 Å². The van der Waals surface area contributed by atoms with Crippen molar-refractivity contribution in [1.82, 2.24) is 0 Å². The summed E-state index contributed by atoms with van der Waals surface area (Å²) in [6.07, 6.45) is 0. The molecule has 0 aliphatic rings. The summed E-state index contributed by atoms with van der Waals surface area (Å²) in [4.78, 5) is 0. The highest BCUT2D eigenvalue weighted by Gasteiger charge is 1.96. The molecule has 0 saturated heterocycles. The minimum atomic E-state index is 0.643. The molecule has 0 bridgehead atoms. The molecule has 0 spiro atoms. The van der Waals surface area contributed by atoms with Crippen LogP contribution < -0.4 is 5.32 Å². The lowest BCUT2D eigenvalue weighted by molar-refractivity contribution is 0.185. The van der Waals surface area contributed by atoms with E-state index in [9.17, 15) is 0 Å². The molecule has 0 unspecified atom stereocenters. The van der Waals surface area contributed by atoms with Crippen molar-refractivity contribution < 1.29 is 4.74 Å². The number of anilines is 2. The molecule has 1 N–H and O–H groups in total. The molecule has 0 radical (unpaired) electrons. The van der Waals surface area contributed by atoms with Gasteiger partial charge in [0.05, 0.1) is 6.61 Å². The summed E-state index contributed by atoms with van der Waals surface area (Å²) in [7, 11) is 1.71. The van der Waals surface area contributed by atoms with E-state index in [4.69, 9.17) is 4.74 Å². The van der Waals surface area contributed by atoms with Gasteiger partial charge in [0.2, 0.25) is 0 Å². The van der Waals surface area contributed by atoms with Gasteiger partial charge in [0.25, 0.3) is 0 Å². The number of hydrogen-bond donors (Lipinski definition) is 1. The predicted molar refractivity (Wildman–Crippen MR) is 66.9 cm³/mol. The minimum absolute atomic E-state index is 0.643. The molecule has 2 rings (SSSR count). The summed E-state index contributed by atoms with van der Waals surface area (Å²) in [5.41, 5.74) is 3.35. The third-order valence-corrected chi connectivity index (χ3v) is 2.30. The van der Waals surface area contributed by atoms with Gasteiger partial charge in [-0.25, -0.2) is 0 Å². The summed E-state index contributed by atoms with van der Waals surface area (Å²) in [5, 5.41) is 3.35. The number of para-hydroxylation sites is 1. The van der Waals surface area contributed by atoms with Crippen LogP contribution in [0.25, 0.3) is 0 Å². The van der Waals surface area contributed by atoms with Gasteiger partial charge in [-0.15, -0.1) is 0 Å². The van der Waals surface area contributed by atoms with E-state index in [1.807, 2.05) is 42.5 Å². The Balaban J connectivity index is 2.12. The van der Waals surface area contributed by atoms with E-state index in [1.165, 1.54) is 5.56 Å². The lowest BCUT2D eigenvalue weighted by Gasteiger charge is -2.07. The smallest absolute Gasteiger partial charge is 0.0713 e. The Morgan fingerprint density at radius 1 is 0.938 bits per heavy atom. The Morgan fingerprint density at radius 2 is 1.69 bits per heavy atom. The number of rotatable bonds is 4. The first kappa shape index (κ1) is 10.7. The van der Waals surface area contributed by atoms with Gasteiger partial charge in [-0.05, 0) is 29.8 Å². The second kappa shape index (κ2) is 5.33. The molecule has 0 aliphatic carbocycles. The summed E-state index contributed by atoms with van der Waals surface area (Å²) < 4.78 is 5.11. The lowest BCUT2D eigenvalue weighted by Crippen LogP contribution is -1.92. The lowest BCUT2D eigenvalue weighted by atomic mass is 10.2. The Labute approximate surface area is 95.9 Å². The molecule has 0 heterocycles. The fourth-order valence-corrected chi connectivity index (χ4v) is 1.59. The zero-order valence-corrected chi connectivity index (χ0v) is 9.31. The summed E-state index contributed by atoms with van der Waals surface area (Å²) in [6.45, 7) is 0.643. The largest absolute Gasteiger partial charge is 0.380 e. The highest BCUT2D eigenvalue weighted by atomic mass is 16.5. The molecule has 0 fully saturated rings. The molecule has 16 heavy (non-hydrogen) atoms. The van der Waals surface area contributed by atoms with Gasteiger partial charge in [-0.2, -0.15) is 0 Å². The van der Waals surface area contributed by atoms with E-state index in [0.29, 0.717) is 6.61 Å².